The highest BCUT2D eigenvalue weighted by Crippen LogP contribution is 2.27. The van der Waals surface area contributed by atoms with Gasteiger partial charge in [0.05, 0.1) is 0 Å². The van der Waals surface area contributed by atoms with Gasteiger partial charge in [-0.25, -0.2) is 0 Å². The summed E-state index contributed by atoms with van der Waals surface area (Å²) in [4.78, 5) is 13.5. The first-order valence-corrected chi connectivity index (χ1v) is 4.86. The van der Waals surface area contributed by atoms with E-state index >= 15 is 0 Å². The third-order valence-electron chi connectivity index (χ3n) is 2.47. The smallest absolute Gasteiger partial charge is 0.225 e. The van der Waals surface area contributed by atoms with Crippen molar-refractivity contribution in [3.05, 3.63) is 0 Å². The lowest BCUT2D eigenvalue weighted by atomic mass is 9.84. The minimum atomic E-state index is 0.355. The van der Waals surface area contributed by atoms with Gasteiger partial charge in [-0.15, -0.1) is 0 Å². The van der Waals surface area contributed by atoms with Crippen molar-refractivity contribution in [1.29, 1.82) is 0 Å². The number of nitrogens with zero attached hydrogens (tertiary/aromatic N) is 1. The number of carbonyl (C=O) groups is 1. The van der Waals surface area contributed by atoms with Crippen LogP contribution in [0.2, 0.25) is 0 Å². The van der Waals surface area contributed by atoms with Crippen molar-refractivity contribution in [2.45, 2.75) is 33.1 Å². The van der Waals surface area contributed by atoms with Crippen LogP contribution in [0.15, 0.2) is 0 Å². The van der Waals surface area contributed by atoms with Crippen LogP contribution in [0.3, 0.4) is 0 Å². The van der Waals surface area contributed by atoms with Crippen LogP contribution in [0.25, 0.3) is 0 Å². The number of hydrogen-bond acceptors (Lipinski definition) is 1. The first-order valence-electron chi connectivity index (χ1n) is 4.86. The van der Waals surface area contributed by atoms with Crippen LogP contribution in [-0.2, 0) is 4.79 Å². The Balaban J connectivity index is 2.30. The van der Waals surface area contributed by atoms with Crippen LogP contribution in [0.5, 0.6) is 0 Å². The highest BCUT2D eigenvalue weighted by Gasteiger charge is 2.27. The molecule has 1 amide bonds. The van der Waals surface area contributed by atoms with Gasteiger partial charge < -0.3 is 4.90 Å². The van der Waals surface area contributed by atoms with Crippen molar-refractivity contribution >= 4 is 5.91 Å². The molecule has 0 N–H and O–H groups in total. The second-order valence-electron chi connectivity index (χ2n) is 4.24. The Morgan fingerprint density at radius 2 is 2.08 bits per heavy atom. The van der Waals surface area contributed by atoms with Gasteiger partial charge in [-0.3, -0.25) is 4.79 Å². The van der Waals surface area contributed by atoms with Gasteiger partial charge in [-0.2, -0.15) is 0 Å². The Labute approximate surface area is 74.9 Å². The van der Waals surface area contributed by atoms with Crippen LogP contribution < -0.4 is 0 Å². The molecule has 0 aromatic rings. The zero-order chi connectivity index (χ0) is 9.14. The Kier molecular flexibility index (Phi) is 3.12. The molecule has 0 aliphatic heterocycles. The summed E-state index contributed by atoms with van der Waals surface area (Å²) in [6.45, 7) is 5.18. The quantitative estimate of drug-likeness (QED) is 0.632. The zero-order valence-corrected chi connectivity index (χ0v) is 8.34. The van der Waals surface area contributed by atoms with E-state index in [4.69, 9.17) is 0 Å². The van der Waals surface area contributed by atoms with E-state index in [1.165, 1.54) is 6.42 Å². The Morgan fingerprint density at radius 3 is 2.42 bits per heavy atom. The molecule has 0 atom stereocenters. The predicted octanol–water partition coefficient (Wildman–Crippen LogP) is 1.90. The van der Waals surface area contributed by atoms with Crippen LogP contribution >= 0.6 is 0 Å². The Morgan fingerprint density at radius 1 is 1.50 bits per heavy atom. The van der Waals surface area contributed by atoms with Gasteiger partial charge in [0.1, 0.15) is 0 Å². The van der Waals surface area contributed by atoms with E-state index in [2.05, 4.69) is 13.8 Å². The first-order chi connectivity index (χ1) is 5.61. The minimum absolute atomic E-state index is 0.355. The van der Waals surface area contributed by atoms with Crippen molar-refractivity contribution in [2.24, 2.45) is 11.8 Å². The van der Waals surface area contributed by atoms with Gasteiger partial charge in [0, 0.05) is 19.5 Å². The third kappa shape index (κ3) is 2.23. The molecule has 1 aliphatic rings. The summed E-state index contributed by atoms with van der Waals surface area (Å²) >= 11 is 0. The van der Waals surface area contributed by atoms with E-state index in [1.807, 2.05) is 11.9 Å². The molecule has 0 aromatic carbocycles. The number of carbonyl (C=O) groups excluding carboxylic acids is 1. The summed E-state index contributed by atoms with van der Waals surface area (Å²) in [6.07, 6.45) is 3.47. The fourth-order valence-corrected chi connectivity index (χ4v) is 1.60. The van der Waals surface area contributed by atoms with Crippen LogP contribution in [0.4, 0.5) is 0 Å². The molecule has 0 bridgehead atoms. The summed E-state index contributed by atoms with van der Waals surface area (Å²) in [5.74, 6) is 1.29. The molecular weight excluding hydrogens is 150 g/mol. The molecule has 1 saturated carbocycles. The molecule has 70 valence electrons. The highest BCUT2D eigenvalue weighted by molar-refractivity contribution is 5.79. The van der Waals surface area contributed by atoms with Crippen molar-refractivity contribution in [3.63, 3.8) is 0 Å². The predicted molar refractivity (Wildman–Crippen MR) is 49.8 cm³/mol. The largest absolute Gasteiger partial charge is 0.345 e. The van der Waals surface area contributed by atoms with E-state index < -0.39 is 0 Å². The fourth-order valence-electron chi connectivity index (χ4n) is 1.60. The molecule has 0 saturated heterocycles. The van der Waals surface area contributed by atoms with Crippen LogP contribution in [0, 0.1) is 11.8 Å². The van der Waals surface area contributed by atoms with E-state index in [0.717, 1.165) is 19.4 Å². The average Bonchev–Trinajstić information content (AvgIpc) is 1.81. The maximum absolute atomic E-state index is 11.6. The van der Waals surface area contributed by atoms with E-state index in [0.29, 0.717) is 17.7 Å². The SMILES string of the molecule is CC(C)CN(C)C(=O)C1CCC1. The maximum atomic E-state index is 11.6. The monoisotopic (exact) mass is 169 g/mol. The van der Waals surface area contributed by atoms with Crippen molar-refractivity contribution < 1.29 is 4.79 Å². The maximum Gasteiger partial charge on any atom is 0.225 e. The normalized spacial score (nSPS) is 17.7. The van der Waals surface area contributed by atoms with E-state index in [9.17, 15) is 4.79 Å². The standard InChI is InChI=1S/C10H19NO/c1-8(2)7-11(3)10(12)9-5-4-6-9/h8-9H,4-7H2,1-3H3. The molecule has 2 heteroatoms. The minimum Gasteiger partial charge on any atom is -0.345 e. The molecular formula is C10H19NO. The molecule has 2 nitrogen and oxygen atoms in total. The second kappa shape index (κ2) is 3.92. The van der Waals surface area contributed by atoms with Crippen LogP contribution in [0.1, 0.15) is 33.1 Å². The van der Waals surface area contributed by atoms with Crippen molar-refractivity contribution in [3.8, 4) is 0 Å². The van der Waals surface area contributed by atoms with Gasteiger partial charge in [0.2, 0.25) is 5.91 Å². The Hall–Kier alpha value is -0.530. The first kappa shape index (κ1) is 9.56. The second-order valence-corrected chi connectivity index (χ2v) is 4.24. The molecule has 0 aromatic heterocycles. The Bertz CT molecular complexity index is 161. The molecule has 0 unspecified atom stereocenters. The fraction of sp³-hybridized carbons (Fsp3) is 0.900. The summed E-state index contributed by atoms with van der Waals surface area (Å²) in [5, 5.41) is 0. The van der Waals surface area contributed by atoms with Crippen molar-refractivity contribution in [2.75, 3.05) is 13.6 Å². The summed E-state index contributed by atoms with van der Waals surface area (Å²) in [6, 6.07) is 0. The molecule has 0 spiro atoms. The summed E-state index contributed by atoms with van der Waals surface area (Å²) in [7, 11) is 1.92. The van der Waals surface area contributed by atoms with Gasteiger partial charge in [0.25, 0.3) is 0 Å². The highest BCUT2D eigenvalue weighted by atomic mass is 16.2. The van der Waals surface area contributed by atoms with E-state index in [1.54, 1.807) is 0 Å². The topological polar surface area (TPSA) is 20.3 Å². The van der Waals surface area contributed by atoms with Crippen molar-refractivity contribution in [1.82, 2.24) is 4.90 Å². The average molecular weight is 169 g/mol. The summed E-state index contributed by atoms with van der Waals surface area (Å²) in [5.41, 5.74) is 0. The van der Waals surface area contributed by atoms with Gasteiger partial charge >= 0.3 is 0 Å². The zero-order valence-electron chi connectivity index (χ0n) is 8.34. The third-order valence-corrected chi connectivity index (χ3v) is 2.47. The van der Waals surface area contributed by atoms with Gasteiger partial charge in [-0.05, 0) is 18.8 Å². The number of rotatable bonds is 3. The lowest BCUT2D eigenvalue weighted by Crippen LogP contribution is -2.38. The molecule has 0 heterocycles. The molecule has 1 rings (SSSR count). The van der Waals surface area contributed by atoms with E-state index in [-0.39, 0.29) is 0 Å². The lowest BCUT2D eigenvalue weighted by molar-refractivity contribution is -0.137. The molecule has 0 radical (unpaired) electrons. The molecule has 12 heavy (non-hydrogen) atoms. The number of hydrogen-bond donors (Lipinski definition) is 0. The lowest BCUT2D eigenvalue weighted by Gasteiger charge is -2.30. The molecule has 1 aliphatic carbocycles. The van der Waals surface area contributed by atoms with Crippen LogP contribution in [-0.4, -0.2) is 24.4 Å². The number of amides is 1. The van der Waals surface area contributed by atoms with Gasteiger partial charge in [-0.1, -0.05) is 20.3 Å². The summed E-state index contributed by atoms with van der Waals surface area (Å²) < 4.78 is 0. The molecule has 1 fully saturated rings. The van der Waals surface area contributed by atoms with Gasteiger partial charge in [0.15, 0.2) is 0 Å².